The molecule has 3 N–H and O–H groups in total. The molecular weight excluding hydrogens is 182 g/mol. The van der Waals surface area contributed by atoms with Crippen LogP contribution in [0.5, 0.6) is 0 Å². The summed E-state index contributed by atoms with van der Waals surface area (Å²) in [5.41, 5.74) is -0.723. The van der Waals surface area contributed by atoms with Crippen LogP contribution in [0.3, 0.4) is 0 Å². The zero-order valence-electron chi connectivity index (χ0n) is 8.79. The van der Waals surface area contributed by atoms with Crippen molar-refractivity contribution in [2.45, 2.75) is 44.8 Å². The number of carboxylic acids is 1. The van der Waals surface area contributed by atoms with Gasteiger partial charge in [-0.15, -0.1) is 0 Å². The Bertz CT molecular complexity index is 206. The molecule has 14 heavy (non-hydrogen) atoms. The lowest BCUT2D eigenvalue weighted by atomic mass is 10.1. The van der Waals surface area contributed by atoms with Crippen molar-refractivity contribution >= 4 is 5.97 Å². The van der Waals surface area contributed by atoms with Crippen LogP contribution in [0.25, 0.3) is 0 Å². The lowest BCUT2D eigenvalue weighted by Gasteiger charge is -2.19. The van der Waals surface area contributed by atoms with E-state index in [4.69, 9.17) is 5.11 Å². The number of aliphatic hydroxyl groups is 1. The van der Waals surface area contributed by atoms with Crippen molar-refractivity contribution in [2.75, 3.05) is 6.54 Å². The normalized spacial score (nSPS) is 19.4. The van der Waals surface area contributed by atoms with E-state index in [1.807, 2.05) is 0 Å². The van der Waals surface area contributed by atoms with Gasteiger partial charge in [0.15, 0.2) is 0 Å². The summed E-state index contributed by atoms with van der Waals surface area (Å²) in [7, 11) is 0. The highest BCUT2D eigenvalue weighted by atomic mass is 16.4. The van der Waals surface area contributed by atoms with Crippen molar-refractivity contribution in [3.8, 4) is 0 Å². The summed E-state index contributed by atoms with van der Waals surface area (Å²) in [6, 6.07) is -0.419. The molecule has 0 radical (unpaired) electrons. The molecule has 0 amide bonds. The van der Waals surface area contributed by atoms with Crippen LogP contribution < -0.4 is 5.32 Å². The highest BCUT2D eigenvalue weighted by Gasteiger charge is 2.35. The molecule has 82 valence electrons. The van der Waals surface area contributed by atoms with E-state index < -0.39 is 17.6 Å². The van der Waals surface area contributed by atoms with Crippen molar-refractivity contribution in [1.29, 1.82) is 0 Å². The molecule has 4 nitrogen and oxygen atoms in total. The fraction of sp³-hybridized carbons (Fsp3) is 0.900. The number of carboxylic acid groups (broad SMARTS) is 1. The number of rotatable bonds is 6. The first kappa shape index (κ1) is 11.5. The monoisotopic (exact) mass is 201 g/mol. The van der Waals surface area contributed by atoms with Gasteiger partial charge < -0.3 is 15.5 Å². The third-order valence-corrected chi connectivity index (χ3v) is 2.46. The van der Waals surface area contributed by atoms with E-state index in [-0.39, 0.29) is 0 Å². The van der Waals surface area contributed by atoms with E-state index in [1.165, 1.54) is 0 Å². The maximum atomic E-state index is 10.8. The first-order valence-corrected chi connectivity index (χ1v) is 5.09. The van der Waals surface area contributed by atoms with Gasteiger partial charge in [-0.25, -0.2) is 0 Å². The van der Waals surface area contributed by atoms with Crippen LogP contribution in [0.15, 0.2) is 0 Å². The van der Waals surface area contributed by atoms with Gasteiger partial charge in [-0.2, -0.15) is 0 Å². The Labute approximate surface area is 84.3 Å². The van der Waals surface area contributed by atoms with E-state index in [2.05, 4.69) is 5.32 Å². The van der Waals surface area contributed by atoms with E-state index in [0.29, 0.717) is 18.9 Å². The second kappa shape index (κ2) is 4.28. The zero-order chi connectivity index (χ0) is 10.8. The standard InChI is InChI=1S/C10H19NO3/c1-10(2,14)5-6-11-8(9(12)13)7-3-4-7/h7-8,11,14H,3-6H2,1-2H3,(H,12,13). The van der Waals surface area contributed by atoms with Crippen LogP contribution >= 0.6 is 0 Å². The molecule has 1 unspecified atom stereocenters. The van der Waals surface area contributed by atoms with Gasteiger partial charge >= 0.3 is 5.97 Å². The molecule has 1 atom stereocenters. The summed E-state index contributed by atoms with van der Waals surface area (Å²) in [5.74, 6) is -0.474. The van der Waals surface area contributed by atoms with Crippen LogP contribution in [-0.2, 0) is 4.79 Å². The van der Waals surface area contributed by atoms with Crippen molar-refractivity contribution in [3.63, 3.8) is 0 Å². The molecule has 0 heterocycles. The second-order valence-corrected chi connectivity index (χ2v) is 4.67. The largest absolute Gasteiger partial charge is 0.480 e. The highest BCUT2D eigenvalue weighted by Crippen LogP contribution is 2.32. The SMILES string of the molecule is CC(C)(O)CCNC(C(=O)O)C1CC1. The molecule has 0 bridgehead atoms. The molecule has 0 aliphatic heterocycles. The van der Waals surface area contributed by atoms with Gasteiger partial charge in [-0.1, -0.05) is 0 Å². The predicted molar refractivity (Wildman–Crippen MR) is 53.1 cm³/mol. The molecular formula is C10H19NO3. The number of carbonyl (C=O) groups is 1. The minimum atomic E-state index is -0.775. The van der Waals surface area contributed by atoms with Gasteiger partial charge in [-0.05, 0) is 45.6 Å². The van der Waals surface area contributed by atoms with Gasteiger partial charge in [0.2, 0.25) is 0 Å². The second-order valence-electron chi connectivity index (χ2n) is 4.67. The van der Waals surface area contributed by atoms with E-state index in [9.17, 15) is 9.90 Å². The molecule has 0 spiro atoms. The summed E-state index contributed by atoms with van der Waals surface area (Å²) < 4.78 is 0. The molecule has 0 aromatic heterocycles. The summed E-state index contributed by atoms with van der Waals surface area (Å²) >= 11 is 0. The minimum Gasteiger partial charge on any atom is -0.480 e. The Morgan fingerprint density at radius 2 is 2.14 bits per heavy atom. The molecule has 1 rings (SSSR count). The van der Waals surface area contributed by atoms with E-state index in [0.717, 1.165) is 12.8 Å². The van der Waals surface area contributed by atoms with Crippen LogP contribution in [0, 0.1) is 5.92 Å². The van der Waals surface area contributed by atoms with E-state index >= 15 is 0 Å². The van der Waals surface area contributed by atoms with E-state index in [1.54, 1.807) is 13.8 Å². The Morgan fingerprint density at radius 3 is 2.50 bits per heavy atom. The Kier molecular flexibility index (Phi) is 3.50. The quantitative estimate of drug-likeness (QED) is 0.588. The maximum absolute atomic E-state index is 10.8. The third kappa shape index (κ3) is 4.07. The number of hydrogen-bond acceptors (Lipinski definition) is 3. The molecule has 4 heteroatoms. The number of hydrogen-bond donors (Lipinski definition) is 3. The predicted octanol–water partition coefficient (Wildman–Crippen LogP) is 0.600. The van der Waals surface area contributed by atoms with Crippen molar-refractivity contribution in [2.24, 2.45) is 5.92 Å². The van der Waals surface area contributed by atoms with Crippen LogP contribution in [0.1, 0.15) is 33.1 Å². The number of aliphatic carboxylic acids is 1. The molecule has 0 aromatic rings. The van der Waals surface area contributed by atoms with Gasteiger partial charge in [0.1, 0.15) is 6.04 Å². The van der Waals surface area contributed by atoms with Gasteiger partial charge in [0.25, 0.3) is 0 Å². The van der Waals surface area contributed by atoms with Crippen LogP contribution in [0.2, 0.25) is 0 Å². The van der Waals surface area contributed by atoms with Crippen molar-refractivity contribution in [3.05, 3.63) is 0 Å². The van der Waals surface area contributed by atoms with Gasteiger partial charge in [-0.3, -0.25) is 4.79 Å². The Balaban J connectivity index is 2.24. The minimum absolute atomic E-state index is 0.300. The molecule has 0 aromatic carbocycles. The van der Waals surface area contributed by atoms with Crippen molar-refractivity contribution < 1.29 is 15.0 Å². The lowest BCUT2D eigenvalue weighted by molar-refractivity contribution is -0.140. The third-order valence-electron chi connectivity index (χ3n) is 2.46. The summed E-state index contributed by atoms with van der Waals surface area (Å²) in [4.78, 5) is 10.8. The smallest absolute Gasteiger partial charge is 0.320 e. The van der Waals surface area contributed by atoms with Crippen LogP contribution in [0.4, 0.5) is 0 Å². The highest BCUT2D eigenvalue weighted by molar-refractivity contribution is 5.74. The lowest BCUT2D eigenvalue weighted by Crippen LogP contribution is -2.40. The maximum Gasteiger partial charge on any atom is 0.320 e. The fourth-order valence-electron chi connectivity index (χ4n) is 1.42. The summed E-state index contributed by atoms with van der Waals surface area (Å²) in [6.07, 6.45) is 2.59. The average molecular weight is 201 g/mol. The Hall–Kier alpha value is -0.610. The van der Waals surface area contributed by atoms with Crippen LogP contribution in [-0.4, -0.2) is 34.4 Å². The first-order chi connectivity index (χ1) is 6.40. The van der Waals surface area contributed by atoms with Gasteiger partial charge in [0, 0.05) is 0 Å². The number of nitrogens with one attached hydrogen (secondary N) is 1. The zero-order valence-corrected chi connectivity index (χ0v) is 8.79. The fourth-order valence-corrected chi connectivity index (χ4v) is 1.42. The topological polar surface area (TPSA) is 69.6 Å². The Morgan fingerprint density at radius 1 is 1.57 bits per heavy atom. The molecule has 1 aliphatic carbocycles. The first-order valence-electron chi connectivity index (χ1n) is 5.09. The molecule has 1 saturated carbocycles. The summed E-state index contributed by atoms with van der Waals surface area (Å²) in [5, 5.41) is 21.3. The average Bonchev–Trinajstić information content (AvgIpc) is 2.77. The summed E-state index contributed by atoms with van der Waals surface area (Å²) in [6.45, 7) is 4.00. The van der Waals surface area contributed by atoms with Crippen molar-refractivity contribution in [1.82, 2.24) is 5.32 Å². The molecule has 1 fully saturated rings. The van der Waals surface area contributed by atoms with Gasteiger partial charge in [0.05, 0.1) is 5.60 Å². The molecule has 1 aliphatic rings. The molecule has 0 saturated heterocycles.